The fraction of sp³-hybridized carbons (Fsp3) is 0.235. The average molecular weight is 377 g/mol. The van der Waals surface area contributed by atoms with Gasteiger partial charge in [-0.3, -0.25) is 14.9 Å². The van der Waals surface area contributed by atoms with Crippen molar-refractivity contribution in [3.8, 4) is 0 Å². The molecule has 0 bridgehead atoms. The lowest BCUT2D eigenvalue weighted by Gasteiger charge is -2.17. The number of non-ortho nitro benzene ring substituents is 1. The predicted octanol–water partition coefficient (Wildman–Crippen LogP) is 2.47. The van der Waals surface area contributed by atoms with Gasteiger partial charge in [0.05, 0.1) is 16.4 Å². The van der Waals surface area contributed by atoms with Gasteiger partial charge in [0.1, 0.15) is 0 Å². The van der Waals surface area contributed by atoms with E-state index in [0.29, 0.717) is 5.69 Å². The van der Waals surface area contributed by atoms with Gasteiger partial charge in [-0.1, -0.05) is 12.1 Å². The van der Waals surface area contributed by atoms with Gasteiger partial charge in [0.25, 0.3) is 5.69 Å². The highest BCUT2D eigenvalue weighted by Gasteiger charge is 2.24. The molecule has 2 aromatic rings. The Bertz CT molecular complexity index is 957. The number of hydrogen-bond acceptors (Lipinski definition) is 5. The van der Waals surface area contributed by atoms with Gasteiger partial charge in [0, 0.05) is 24.9 Å². The van der Waals surface area contributed by atoms with Crippen LogP contribution in [0.5, 0.6) is 0 Å². The summed E-state index contributed by atoms with van der Waals surface area (Å²) in [5.74, 6) is -0.509. The molecule has 0 atom stereocenters. The molecule has 0 saturated carbocycles. The number of benzene rings is 2. The van der Waals surface area contributed by atoms with Crippen molar-refractivity contribution in [1.82, 2.24) is 4.31 Å². The first-order valence-electron chi connectivity index (χ1n) is 7.69. The molecule has 0 fully saturated rings. The van der Waals surface area contributed by atoms with Gasteiger partial charge < -0.3 is 5.32 Å². The number of carbonyl (C=O) groups excluding carboxylic acids is 1. The van der Waals surface area contributed by atoms with Crippen molar-refractivity contribution >= 4 is 27.3 Å². The van der Waals surface area contributed by atoms with Crippen molar-refractivity contribution in [3.05, 3.63) is 63.7 Å². The fourth-order valence-corrected chi connectivity index (χ4v) is 3.41. The highest BCUT2D eigenvalue weighted by molar-refractivity contribution is 7.89. The Morgan fingerprint density at radius 3 is 2.46 bits per heavy atom. The number of aryl methyl sites for hydroxylation is 2. The van der Waals surface area contributed by atoms with Gasteiger partial charge in [0.15, 0.2) is 0 Å². The Kier molecular flexibility index (Phi) is 5.73. The Balaban J connectivity index is 2.13. The normalized spacial score (nSPS) is 11.4. The van der Waals surface area contributed by atoms with Crippen LogP contribution in [-0.4, -0.2) is 37.1 Å². The van der Waals surface area contributed by atoms with Gasteiger partial charge in [-0.2, -0.15) is 4.31 Å². The van der Waals surface area contributed by atoms with E-state index in [-0.39, 0.29) is 10.6 Å². The van der Waals surface area contributed by atoms with E-state index < -0.39 is 27.4 Å². The Hall–Kier alpha value is -2.78. The summed E-state index contributed by atoms with van der Waals surface area (Å²) in [6.07, 6.45) is 0. The maximum Gasteiger partial charge on any atom is 0.270 e. The number of amides is 1. The molecule has 0 aliphatic carbocycles. The number of nitro benzene ring substituents is 1. The summed E-state index contributed by atoms with van der Waals surface area (Å²) in [5.41, 5.74) is 2.31. The van der Waals surface area contributed by atoms with Gasteiger partial charge in [-0.15, -0.1) is 0 Å². The van der Waals surface area contributed by atoms with Crippen LogP contribution in [0.1, 0.15) is 11.1 Å². The minimum atomic E-state index is -4.03. The van der Waals surface area contributed by atoms with Gasteiger partial charge >= 0.3 is 0 Å². The van der Waals surface area contributed by atoms with Crippen LogP contribution in [0.25, 0.3) is 0 Å². The molecule has 0 aliphatic heterocycles. The van der Waals surface area contributed by atoms with E-state index in [1.165, 1.54) is 25.2 Å². The smallest absolute Gasteiger partial charge is 0.270 e. The second kappa shape index (κ2) is 7.63. The number of nitrogens with zero attached hydrogens (tertiary/aromatic N) is 2. The second-order valence-electron chi connectivity index (χ2n) is 5.86. The predicted molar refractivity (Wildman–Crippen MR) is 97.5 cm³/mol. The lowest BCUT2D eigenvalue weighted by atomic mass is 10.1. The SMILES string of the molecule is Cc1ccc(NC(=O)CN(C)S(=O)(=O)c2cccc([N+](=O)[O-])c2)cc1C. The third-order valence-electron chi connectivity index (χ3n) is 3.89. The second-order valence-corrected chi connectivity index (χ2v) is 7.91. The number of likely N-dealkylation sites (N-methyl/N-ethyl adjacent to an activating group) is 1. The minimum absolute atomic E-state index is 0.242. The van der Waals surface area contributed by atoms with Crippen molar-refractivity contribution in [1.29, 1.82) is 0 Å². The first-order valence-corrected chi connectivity index (χ1v) is 9.13. The Labute approximate surface area is 151 Å². The molecule has 0 spiro atoms. The number of hydrogen-bond donors (Lipinski definition) is 1. The molecule has 8 nitrogen and oxygen atoms in total. The topological polar surface area (TPSA) is 110 Å². The Morgan fingerprint density at radius 1 is 1.15 bits per heavy atom. The molecule has 1 N–H and O–H groups in total. The molecule has 0 unspecified atom stereocenters. The molecule has 0 aliphatic rings. The standard InChI is InChI=1S/C17H19N3O5S/c1-12-7-8-14(9-13(12)2)18-17(21)11-19(3)26(24,25)16-6-4-5-15(10-16)20(22)23/h4-10H,11H2,1-3H3,(H,18,21). The van der Waals surface area contributed by atoms with Crippen molar-refractivity contribution < 1.29 is 18.1 Å². The van der Waals surface area contributed by atoms with Gasteiger partial charge in [0.2, 0.25) is 15.9 Å². The highest BCUT2D eigenvalue weighted by atomic mass is 32.2. The van der Waals surface area contributed by atoms with Crippen molar-refractivity contribution in [2.45, 2.75) is 18.7 Å². The zero-order valence-corrected chi connectivity index (χ0v) is 15.4. The highest BCUT2D eigenvalue weighted by Crippen LogP contribution is 2.20. The zero-order chi connectivity index (χ0) is 19.5. The van der Waals surface area contributed by atoms with Gasteiger partial charge in [-0.05, 0) is 43.2 Å². The molecule has 9 heteroatoms. The summed E-state index contributed by atoms with van der Waals surface area (Å²) >= 11 is 0. The number of nitro groups is 1. The van der Waals surface area contributed by atoms with Crippen molar-refractivity contribution in [2.75, 3.05) is 18.9 Å². The molecule has 0 radical (unpaired) electrons. The van der Waals surface area contributed by atoms with Crippen LogP contribution in [0.3, 0.4) is 0 Å². The van der Waals surface area contributed by atoms with E-state index >= 15 is 0 Å². The molecule has 2 aromatic carbocycles. The molecule has 0 aromatic heterocycles. The van der Waals surface area contributed by atoms with Crippen LogP contribution < -0.4 is 5.32 Å². The maximum atomic E-state index is 12.5. The zero-order valence-electron chi connectivity index (χ0n) is 14.6. The molecule has 26 heavy (non-hydrogen) atoms. The first kappa shape index (κ1) is 19.5. The van der Waals surface area contributed by atoms with E-state index in [2.05, 4.69) is 5.32 Å². The lowest BCUT2D eigenvalue weighted by Crippen LogP contribution is -2.35. The van der Waals surface area contributed by atoms with Crippen LogP contribution in [0.4, 0.5) is 11.4 Å². The van der Waals surface area contributed by atoms with Crippen molar-refractivity contribution in [2.24, 2.45) is 0 Å². The third-order valence-corrected chi connectivity index (χ3v) is 5.69. The molecule has 1 amide bonds. The van der Waals surface area contributed by atoms with E-state index in [9.17, 15) is 23.3 Å². The average Bonchev–Trinajstić information content (AvgIpc) is 2.58. The third kappa shape index (κ3) is 4.44. The van der Waals surface area contributed by atoms with E-state index in [1.54, 1.807) is 12.1 Å². The van der Waals surface area contributed by atoms with E-state index in [0.717, 1.165) is 21.5 Å². The number of sulfonamides is 1. The summed E-state index contributed by atoms with van der Waals surface area (Å²) in [6, 6.07) is 10.1. The fourth-order valence-electron chi connectivity index (χ4n) is 2.24. The van der Waals surface area contributed by atoms with Crippen LogP contribution in [-0.2, 0) is 14.8 Å². The molecular weight excluding hydrogens is 358 g/mol. The largest absolute Gasteiger partial charge is 0.325 e. The number of rotatable bonds is 6. The number of anilines is 1. The van der Waals surface area contributed by atoms with Gasteiger partial charge in [-0.25, -0.2) is 8.42 Å². The van der Waals surface area contributed by atoms with Crippen LogP contribution in [0, 0.1) is 24.0 Å². The molecular formula is C17H19N3O5S. The van der Waals surface area contributed by atoms with Crippen LogP contribution in [0.2, 0.25) is 0 Å². The monoisotopic (exact) mass is 377 g/mol. The summed E-state index contributed by atoms with van der Waals surface area (Å²) < 4.78 is 25.9. The molecule has 2 rings (SSSR count). The summed E-state index contributed by atoms with van der Waals surface area (Å²) in [4.78, 5) is 22.0. The van der Waals surface area contributed by atoms with E-state index in [4.69, 9.17) is 0 Å². The summed E-state index contributed by atoms with van der Waals surface area (Å²) in [7, 11) is -2.78. The summed E-state index contributed by atoms with van der Waals surface area (Å²) in [6.45, 7) is 3.43. The van der Waals surface area contributed by atoms with Crippen LogP contribution >= 0.6 is 0 Å². The van der Waals surface area contributed by atoms with Crippen LogP contribution in [0.15, 0.2) is 47.4 Å². The number of nitrogens with one attached hydrogen (secondary N) is 1. The lowest BCUT2D eigenvalue weighted by molar-refractivity contribution is -0.385. The summed E-state index contributed by atoms with van der Waals surface area (Å²) in [5, 5.41) is 13.5. The maximum absolute atomic E-state index is 12.5. The number of carbonyl (C=O) groups is 1. The molecule has 138 valence electrons. The molecule has 0 saturated heterocycles. The Morgan fingerprint density at radius 2 is 1.85 bits per heavy atom. The molecule has 0 heterocycles. The quantitative estimate of drug-likeness (QED) is 0.614. The first-order chi connectivity index (χ1) is 12.1. The van der Waals surface area contributed by atoms with E-state index in [1.807, 2.05) is 19.9 Å². The van der Waals surface area contributed by atoms with Crippen molar-refractivity contribution in [3.63, 3.8) is 0 Å². The minimum Gasteiger partial charge on any atom is -0.325 e.